The SMILES string of the molecule is [3H][C@H]1C[C@@H](OP(=S)(OCC[N+]#[C-])N(C(C)C)C(C)C)[C@@H](CC)O1. The Kier molecular flexibility index (Phi) is 7.76. The van der Waals surface area contributed by atoms with Gasteiger partial charge >= 0.3 is 0 Å². The molecular weight excluding hydrogens is 319 g/mol. The van der Waals surface area contributed by atoms with Crippen LogP contribution in [0.15, 0.2) is 0 Å². The minimum atomic E-state index is -2.74. The Hall–Kier alpha value is -0.0200. The maximum atomic E-state index is 7.83. The van der Waals surface area contributed by atoms with Crippen molar-refractivity contribution in [3.05, 3.63) is 11.4 Å². The lowest BCUT2D eigenvalue weighted by molar-refractivity contribution is 0.0402. The molecule has 0 bridgehead atoms. The zero-order chi connectivity index (χ0) is 17.6. The van der Waals surface area contributed by atoms with Crippen LogP contribution in [0, 0.1) is 6.57 Å². The van der Waals surface area contributed by atoms with Crippen molar-refractivity contribution in [1.29, 1.82) is 0 Å². The molecule has 1 rings (SSSR count). The first kappa shape index (κ1) is 18.3. The molecule has 4 atom stereocenters. The third kappa shape index (κ3) is 5.26. The van der Waals surface area contributed by atoms with Crippen LogP contribution in [0.4, 0.5) is 0 Å². The van der Waals surface area contributed by atoms with Gasteiger partial charge in [0.05, 0.1) is 13.6 Å². The van der Waals surface area contributed by atoms with E-state index in [1.807, 2.05) is 6.92 Å². The van der Waals surface area contributed by atoms with Crippen molar-refractivity contribution < 1.29 is 15.2 Å². The van der Waals surface area contributed by atoms with E-state index in [0.717, 1.165) is 6.42 Å². The van der Waals surface area contributed by atoms with Crippen molar-refractivity contribution in [2.45, 2.75) is 71.8 Å². The highest BCUT2D eigenvalue weighted by atomic mass is 32.5. The molecule has 128 valence electrons. The summed E-state index contributed by atoms with van der Waals surface area (Å²) >= 11 is 5.84. The fourth-order valence-electron chi connectivity index (χ4n) is 2.67. The summed E-state index contributed by atoms with van der Waals surface area (Å²) < 4.78 is 27.7. The predicted octanol–water partition coefficient (Wildman–Crippen LogP) is 3.85. The number of ether oxygens (including phenoxy) is 1. The average Bonchev–Trinajstić information content (AvgIpc) is 2.77. The third-order valence-electron chi connectivity index (χ3n) is 3.48. The second-order valence-electron chi connectivity index (χ2n) is 5.88. The molecule has 1 fully saturated rings. The third-order valence-corrected chi connectivity index (χ3v) is 7.16. The lowest BCUT2D eigenvalue weighted by Gasteiger charge is -2.40. The molecule has 0 radical (unpaired) electrons. The summed E-state index contributed by atoms with van der Waals surface area (Å²) in [7, 11) is 0. The van der Waals surface area contributed by atoms with Crippen LogP contribution in [-0.4, -0.2) is 48.7 Å². The van der Waals surface area contributed by atoms with Gasteiger partial charge in [-0.3, -0.25) is 0 Å². The van der Waals surface area contributed by atoms with Crippen molar-refractivity contribution in [1.82, 2.24) is 4.67 Å². The van der Waals surface area contributed by atoms with Gasteiger partial charge in [0.2, 0.25) is 6.54 Å². The Morgan fingerprint density at radius 3 is 2.59 bits per heavy atom. The molecule has 1 aliphatic rings. The summed E-state index contributed by atoms with van der Waals surface area (Å²) in [4.78, 5) is 3.33. The van der Waals surface area contributed by atoms with Crippen molar-refractivity contribution in [2.24, 2.45) is 0 Å². The Labute approximate surface area is 141 Å². The lowest BCUT2D eigenvalue weighted by atomic mass is 10.1. The summed E-state index contributed by atoms with van der Waals surface area (Å²) in [6.45, 7) is 14.4. The fraction of sp³-hybridized carbons (Fsp3) is 0.933. The molecule has 0 saturated carbocycles. The second kappa shape index (κ2) is 9.32. The van der Waals surface area contributed by atoms with Gasteiger partial charge in [0.1, 0.15) is 6.61 Å². The minimum Gasteiger partial charge on any atom is -0.375 e. The summed E-state index contributed by atoms with van der Waals surface area (Å²) in [6.07, 6.45) is 0.945. The Bertz CT molecular complexity index is 450. The smallest absolute Gasteiger partial charge is 0.265 e. The van der Waals surface area contributed by atoms with Crippen molar-refractivity contribution >= 4 is 18.4 Å². The fourth-order valence-corrected chi connectivity index (χ4v) is 6.67. The van der Waals surface area contributed by atoms with Crippen LogP contribution in [0.25, 0.3) is 4.85 Å². The van der Waals surface area contributed by atoms with E-state index >= 15 is 0 Å². The molecule has 0 aliphatic carbocycles. The van der Waals surface area contributed by atoms with Crippen LogP contribution in [0.2, 0.25) is 0 Å². The highest BCUT2D eigenvalue weighted by Gasteiger charge is 2.39. The molecule has 1 aliphatic heterocycles. The first-order valence-electron chi connectivity index (χ1n) is 8.45. The minimum absolute atomic E-state index is 0.120. The maximum absolute atomic E-state index is 7.83. The molecule has 0 aromatic carbocycles. The van der Waals surface area contributed by atoms with E-state index in [0.29, 0.717) is 6.42 Å². The number of nitrogens with zero attached hydrogens (tertiary/aromatic N) is 2. The largest absolute Gasteiger partial charge is 0.375 e. The number of hydrogen-bond donors (Lipinski definition) is 0. The standard InChI is InChI=1S/C15H29N2O3PS/c1-7-14-15(8-10-18-14)20-21(22,19-11-9-16-6)17(12(2)3)13(4)5/h12-15H,7-11H2,1-5H3/t14-,15-,21?/m1/s1/i10T/t10-,14+,15+,21?/m0. The number of rotatable bonds is 9. The van der Waals surface area contributed by atoms with Gasteiger partial charge in [-0.25, -0.2) is 11.2 Å². The van der Waals surface area contributed by atoms with Crippen molar-refractivity contribution in [2.75, 3.05) is 19.7 Å². The van der Waals surface area contributed by atoms with E-state index in [-0.39, 0.29) is 37.4 Å². The average molecular weight is 350 g/mol. The van der Waals surface area contributed by atoms with Gasteiger partial charge < -0.3 is 18.6 Å². The maximum Gasteiger partial charge on any atom is 0.265 e. The van der Waals surface area contributed by atoms with Crippen LogP contribution in [-0.2, 0) is 25.6 Å². The first-order chi connectivity index (χ1) is 10.7. The van der Waals surface area contributed by atoms with Gasteiger partial charge in [-0.05, 0) is 52.3 Å². The molecule has 0 N–H and O–H groups in total. The molecular formula is C15H29N2O3PS. The molecule has 7 heteroatoms. The molecule has 0 aromatic heterocycles. The molecule has 1 unspecified atom stereocenters. The van der Waals surface area contributed by atoms with Crippen molar-refractivity contribution in [3.8, 4) is 0 Å². The monoisotopic (exact) mass is 350 g/mol. The molecule has 0 spiro atoms. The number of hydrogen-bond acceptors (Lipinski definition) is 4. The van der Waals surface area contributed by atoms with Gasteiger partial charge in [0, 0.05) is 18.7 Å². The zero-order valence-electron chi connectivity index (χ0n) is 15.2. The molecule has 0 aromatic rings. The van der Waals surface area contributed by atoms with Crippen LogP contribution in [0.5, 0.6) is 0 Å². The second-order valence-corrected chi connectivity index (χ2v) is 9.13. The normalized spacial score (nSPS) is 28.9. The van der Waals surface area contributed by atoms with Gasteiger partial charge in [-0.2, -0.15) is 0 Å². The van der Waals surface area contributed by atoms with Gasteiger partial charge in [-0.1, -0.05) is 6.92 Å². The molecule has 5 nitrogen and oxygen atoms in total. The first-order valence-corrected chi connectivity index (χ1v) is 10.5. The Morgan fingerprint density at radius 2 is 2.09 bits per heavy atom. The lowest BCUT2D eigenvalue weighted by Crippen LogP contribution is -2.37. The summed E-state index contributed by atoms with van der Waals surface area (Å²) in [5, 5.41) is 0. The van der Waals surface area contributed by atoms with Crippen molar-refractivity contribution in [3.63, 3.8) is 0 Å². The van der Waals surface area contributed by atoms with Gasteiger partial charge in [0.25, 0.3) is 6.64 Å². The highest BCUT2D eigenvalue weighted by molar-refractivity contribution is 8.08. The topological polar surface area (TPSA) is 35.3 Å². The summed E-state index contributed by atoms with van der Waals surface area (Å²) in [5.74, 6) is 0. The summed E-state index contributed by atoms with van der Waals surface area (Å²) in [5.41, 5.74) is 0. The Balaban J connectivity index is 2.99. The van der Waals surface area contributed by atoms with E-state index in [2.05, 4.69) is 37.2 Å². The molecule has 1 saturated heterocycles. The van der Waals surface area contributed by atoms with Crippen LogP contribution >= 0.6 is 6.64 Å². The quantitative estimate of drug-likeness (QED) is 0.359. The van der Waals surface area contributed by atoms with Crippen LogP contribution in [0.3, 0.4) is 0 Å². The van der Waals surface area contributed by atoms with E-state index in [4.69, 9.17) is 33.5 Å². The predicted molar refractivity (Wildman–Crippen MR) is 93.3 cm³/mol. The summed E-state index contributed by atoms with van der Waals surface area (Å²) in [6, 6.07) is 0.339. The van der Waals surface area contributed by atoms with E-state index in [9.17, 15) is 0 Å². The van der Waals surface area contributed by atoms with E-state index in [1.165, 1.54) is 0 Å². The van der Waals surface area contributed by atoms with Crippen LogP contribution < -0.4 is 0 Å². The zero-order valence-corrected chi connectivity index (χ0v) is 15.9. The highest BCUT2D eigenvalue weighted by Crippen LogP contribution is 2.56. The van der Waals surface area contributed by atoms with Gasteiger partial charge in [0.15, 0.2) is 0 Å². The van der Waals surface area contributed by atoms with E-state index < -0.39 is 13.2 Å². The molecule has 1 heterocycles. The van der Waals surface area contributed by atoms with E-state index in [1.54, 1.807) is 0 Å². The van der Waals surface area contributed by atoms with Crippen LogP contribution in [0.1, 0.15) is 48.8 Å². The molecule has 0 amide bonds. The van der Waals surface area contributed by atoms with Gasteiger partial charge in [-0.15, -0.1) is 0 Å². The Morgan fingerprint density at radius 1 is 1.45 bits per heavy atom. The molecule has 22 heavy (non-hydrogen) atoms.